The molecule has 0 aromatic carbocycles. The second kappa shape index (κ2) is 6.04. The van der Waals surface area contributed by atoms with Gasteiger partial charge in [-0.3, -0.25) is 9.36 Å². The van der Waals surface area contributed by atoms with Crippen LogP contribution in [0.5, 0.6) is 5.75 Å². The van der Waals surface area contributed by atoms with Crippen LogP contribution in [0, 0.1) is 5.92 Å². The highest BCUT2D eigenvalue weighted by molar-refractivity contribution is 6.30. The molecule has 7 nitrogen and oxygen atoms in total. The first-order chi connectivity index (χ1) is 9.52. The molecule has 0 aliphatic carbocycles. The van der Waals surface area contributed by atoms with Crippen LogP contribution in [0.15, 0.2) is 17.4 Å². The fourth-order valence-corrected chi connectivity index (χ4v) is 2.00. The molecule has 0 amide bonds. The Kier molecular flexibility index (Phi) is 4.39. The molecule has 0 fully saturated rings. The number of hydrogen-bond acceptors (Lipinski definition) is 5. The summed E-state index contributed by atoms with van der Waals surface area (Å²) < 4.78 is 8.13. The first kappa shape index (κ1) is 14.5. The van der Waals surface area contributed by atoms with Crippen LogP contribution < -0.4 is 10.3 Å². The van der Waals surface area contributed by atoms with Crippen molar-refractivity contribution in [2.75, 3.05) is 7.11 Å². The van der Waals surface area contributed by atoms with Gasteiger partial charge in [-0.2, -0.15) is 5.10 Å². The van der Waals surface area contributed by atoms with Crippen molar-refractivity contribution in [3.8, 4) is 5.75 Å². The topological polar surface area (TPSA) is 74.8 Å². The number of ether oxygens (including phenoxy) is 1. The van der Waals surface area contributed by atoms with Crippen molar-refractivity contribution in [1.82, 2.24) is 24.3 Å². The molecule has 20 heavy (non-hydrogen) atoms. The lowest BCUT2D eigenvalue weighted by molar-refractivity contribution is 0.399. The van der Waals surface area contributed by atoms with Crippen molar-refractivity contribution in [2.24, 2.45) is 5.92 Å². The molecule has 108 valence electrons. The van der Waals surface area contributed by atoms with Gasteiger partial charge in [0, 0.05) is 6.54 Å². The van der Waals surface area contributed by atoms with Crippen molar-refractivity contribution in [3.05, 3.63) is 34.0 Å². The van der Waals surface area contributed by atoms with Crippen LogP contribution in [-0.2, 0) is 13.1 Å². The average Bonchev–Trinajstić information content (AvgIpc) is 2.80. The van der Waals surface area contributed by atoms with Gasteiger partial charge in [-0.15, -0.1) is 0 Å². The van der Waals surface area contributed by atoms with E-state index in [1.807, 2.05) is 0 Å². The molecule has 0 saturated heterocycles. The Labute approximate surface area is 121 Å². The van der Waals surface area contributed by atoms with Gasteiger partial charge in [0.15, 0.2) is 5.15 Å². The predicted octanol–water partition coefficient (Wildman–Crippen LogP) is 1.20. The number of aromatic nitrogens is 5. The van der Waals surface area contributed by atoms with Crippen LogP contribution in [0.1, 0.15) is 19.7 Å². The highest BCUT2D eigenvalue weighted by Crippen LogP contribution is 2.15. The first-order valence-electron chi connectivity index (χ1n) is 6.18. The summed E-state index contributed by atoms with van der Waals surface area (Å²) in [4.78, 5) is 20.2. The Bertz CT molecular complexity index is 650. The molecule has 0 atom stereocenters. The second-order valence-electron chi connectivity index (χ2n) is 4.75. The Morgan fingerprint density at radius 3 is 2.80 bits per heavy atom. The van der Waals surface area contributed by atoms with E-state index in [9.17, 15) is 4.79 Å². The molecule has 0 radical (unpaired) electrons. The van der Waals surface area contributed by atoms with Crippen LogP contribution in [0.2, 0.25) is 5.15 Å². The maximum absolute atomic E-state index is 12.1. The maximum atomic E-state index is 12.1. The third-order valence-corrected chi connectivity index (χ3v) is 2.97. The molecule has 2 aromatic heterocycles. The summed E-state index contributed by atoms with van der Waals surface area (Å²) in [6.07, 6.45) is 2.85. The van der Waals surface area contributed by atoms with Gasteiger partial charge in [-0.25, -0.2) is 14.6 Å². The summed E-state index contributed by atoms with van der Waals surface area (Å²) in [5.41, 5.74) is -0.341. The van der Waals surface area contributed by atoms with Gasteiger partial charge in [0.1, 0.15) is 12.2 Å². The zero-order valence-electron chi connectivity index (χ0n) is 11.6. The van der Waals surface area contributed by atoms with E-state index in [1.54, 1.807) is 4.68 Å². The van der Waals surface area contributed by atoms with E-state index in [4.69, 9.17) is 16.3 Å². The standard InChI is InChI=1S/C12H16ClN5O2/c1-8(2)4-18-9(14-6-16-18)5-17-7-15-11(13)10(20-3)12(17)19/h6-8H,4-5H2,1-3H3. The molecule has 0 aliphatic rings. The van der Waals surface area contributed by atoms with Crippen molar-refractivity contribution >= 4 is 11.6 Å². The van der Waals surface area contributed by atoms with Crippen LogP contribution >= 0.6 is 11.6 Å². The third kappa shape index (κ3) is 2.98. The van der Waals surface area contributed by atoms with Gasteiger partial charge in [0.05, 0.1) is 20.0 Å². The first-order valence-corrected chi connectivity index (χ1v) is 6.56. The minimum Gasteiger partial charge on any atom is -0.489 e. The number of nitrogens with zero attached hydrogens (tertiary/aromatic N) is 5. The molecular formula is C12H16ClN5O2. The van der Waals surface area contributed by atoms with Crippen molar-refractivity contribution in [1.29, 1.82) is 0 Å². The maximum Gasteiger partial charge on any atom is 0.297 e. The van der Waals surface area contributed by atoms with E-state index in [0.29, 0.717) is 11.7 Å². The van der Waals surface area contributed by atoms with Gasteiger partial charge < -0.3 is 4.74 Å². The summed E-state index contributed by atoms with van der Waals surface area (Å²) in [6.45, 7) is 5.18. The lowest BCUT2D eigenvalue weighted by atomic mass is 10.2. The third-order valence-electron chi connectivity index (χ3n) is 2.70. The predicted molar refractivity (Wildman–Crippen MR) is 74.0 cm³/mol. The molecule has 0 aliphatic heterocycles. The molecule has 2 heterocycles. The zero-order valence-corrected chi connectivity index (χ0v) is 12.3. The van der Waals surface area contributed by atoms with Crippen molar-refractivity contribution in [2.45, 2.75) is 26.9 Å². The molecule has 0 bridgehead atoms. The van der Waals surface area contributed by atoms with E-state index in [2.05, 4.69) is 28.9 Å². The van der Waals surface area contributed by atoms with E-state index < -0.39 is 0 Å². The van der Waals surface area contributed by atoms with Crippen molar-refractivity contribution < 1.29 is 4.74 Å². The number of methoxy groups -OCH3 is 1. The van der Waals surface area contributed by atoms with E-state index in [0.717, 1.165) is 6.54 Å². The minimum absolute atomic E-state index is 0.0316. The van der Waals surface area contributed by atoms with Gasteiger partial charge in [0.2, 0.25) is 5.75 Å². The summed E-state index contributed by atoms with van der Waals surface area (Å²) in [7, 11) is 1.38. The van der Waals surface area contributed by atoms with Gasteiger partial charge in [0.25, 0.3) is 5.56 Å². The van der Waals surface area contributed by atoms with Crippen LogP contribution in [0.25, 0.3) is 0 Å². The molecule has 0 spiro atoms. The lowest BCUT2D eigenvalue weighted by Gasteiger charge is -2.10. The van der Waals surface area contributed by atoms with E-state index in [1.165, 1.54) is 24.3 Å². The molecule has 0 N–H and O–H groups in total. The van der Waals surface area contributed by atoms with Gasteiger partial charge >= 0.3 is 0 Å². The fourth-order valence-electron chi connectivity index (χ4n) is 1.80. The molecule has 2 aromatic rings. The lowest BCUT2D eigenvalue weighted by Crippen LogP contribution is -2.24. The molecule has 0 unspecified atom stereocenters. The molecule has 0 saturated carbocycles. The Morgan fingerprint density at radius 1 is 1.40 bits per heavy atom. The number of rotatable bonds is 5. The highest BCUT2D eigenvalue weighted by atomic mass is 35.5. The Morgan fingerprint density at radius 2 is 2.15 bits per heavy atom. The molecule has 2 rings (SSSR count). The van der Waals surface area contributed by atoms with E-state index in [-0.39, 0.29) is 23.0 Å². The van der Waals surface area contributed by atoms with Crippen LogP contribution in [0.3, 0.4) is 0 Å². The molecule has 8 heteroatoms. The van der Waals surface area contributed by atoms with Crippen molar-refractivity contribution in [3.63, 3.8) is 0 Å². The summed E-state index contributed by atoms with van der Waals surface area (Å²) in [6, 6.07) is 0. The largest absolute Gasteiger partial charge is 0.489 e. The monoisotopic (exact) mass is 297 g/mol. The smallest absolute Gasteiger partial charge is 0.297 e. The Hall–Kier alpha value is -1.89. The number of halogens is 1. The average molecular weight is 298 g/mol. The van der Waals surface area contributed by atoms with E-state index >= 15 is 0 Å². The SMILES string of the molecule is COc1c(Cl)ncn(Cc2ncnn2CC(C)C)c1=O. The second-order valence-corrected chi connectivity index (χ2v) is 5.11. The van der Waals surface area contributed by atoms with Crippen LogP contribution in [0.4, 0.5) is 0 Å². The number of hydrogen-bond donors (Lipinski definition) is 0. The fraction of sp³-hybridized carbons (Fsp3) is 0.500. The normalized spacial score (nSPS) is 11.1. The molecular weight excluding hydrogens is 282 g/mol. The quantitative estimate of drug-likeness (QED) is 0.775. The summed E-state index contributed by atoms with van der Waals surface area (Å²) in [5, 5.41) is 4.21. The van der Waals surface area contributed by atoms with Gasteiger partial charge in [-0.05, 0) is 5.92 Å². The zero-order chi connectivity index (χ0) is 14.7. The Balaban J connectivity index is 2.32. The highest BCUT2D eigenvalue weighted by Gasteiger charge is 2.13. The summed E-state index contributed by atoms with van der Waals surface area (Å²) >= 11 is 5.80. The minimum atomic E-state index is -0.341. The summed E-state index contributed by atoms with van der Waals surface area (Å²) in [5.74, 6) is 1.15. The van der Waals surface area contributed by atoms with Gasteiger partial charge in [-0.1, -0.05) is 25.4 Å². The van der Waals surface area contributed by atoms with Crippen LogP contribution in [-0.4, -0.2) is 31.4 Å².